The molecule has 9 nitrogen and oxygen atoms in total. The van der Waals surface area contributed by atoms with E-state index in [2.05, 4.69) is 20.1 Å². The monoisotopic (exact) mass is 616 g/mol. The maximum absolute atomic E-state index is 14.6. The second-order valence-electron chi connectivity index (χ2n) is 10.2. The molecule has 2 aromatic carbocycles. The first kappa shape index (κ1) is 29.0. The molecule has 2 aliphatic heterocycles. The zero-order valence-electron chi connectivity index (χ0n) is 22.6. The maximum Gasteiger partial charge on any atom is 0.573 e. The molecule has 2 fully saturated rings. The quantitative estimate of drug-likeness (QED) is 0.324. The molecule has 2 amide bonds. The van der Waals surface area contributed by atoms with Gasteiger partial charge in [0, 0.05) is 48.9 Å². The molecule has 2 aromatic heterocycles. The van der Waals surface area contributed by atoms with Crippen molar-refractivity contribution in [2.24, 2.45) is 0 Å². The number of nitrogens with one attached hydrogen (secondary N) is 1. The lowest BCUT2D eigenvalue weighted by Gasteiger charge is -2.43. The highest BCUT2D eigenvalue weighted by Crippen LogP contribution is 2.37. The molecule has 0 radical (unpaired) electrons. The van der Waals surface area contributed by atoms with Gasteiger partial charge < -0.3 is 19.9 Å². The highest BCUT2D eigenvalue weighted by atomic mass is 19.4. The number of hydrogen-bond donors (Lipinski definition) is 1. The van der Waals surface area contributed by atoms with Crippen molar-refractivity contribution in [3.63, 3.8) is 0 Å². The molecule has 4 aromatic rings. The van der Waals surface area contributed by atoms with Gasteiger partial charge in [-0.05, 0) is 55.3 Å². The fourth-order valence-electron chi connectivity index (χ4n) is 5.55. The topological polar surface area (TPSA) is 92.6 Å². The number of amides is 2. The Morgan fingerprint density at radius 1 is 0.932 bits per heavy atom. The van der Waals surface area contributed by atoms with Crippen molar-refractivity contribution in [1.29, 1.82) is 0 Å². The summed E-state index contributed by atoms with van der Waals surface area (Å²) in [7, 11) is 0. The number of benzene rings is 2. The lowest BCUT2D eigenvalue weighted by Crippen LogP contribution is -2.57. The summed E-state index contributed by atoms with van der Waals surface area (Å²) in [5.74, 6) is -5.17. The minimum atomic E-state index is -5.09. The van der Waals surface area contributed by atoms with Crippen LogP contribution in [-0.2, 0) is 4.79 Å². The molecule has 0 aliphatic carbocycles. The minimum Gasteiger partial charge on any atom is -0.403 e. The van der Waals surface area contributed by atoms with Crippen LogP contribution in [0, 0.1) is 17.5 Å². The van der Waals surface area contributed by atoms with E-state index in [9.17, 15) is 35.9 Å². The van der Waals surface area contributed by atoms with Crippen molar-refractivity contribution >= 4 is 17.5 Å². The van der Waals surface area contributed by atoms with Crippen molar-refractivity contribution in [2.75, 3.05) is 24.7 Å². The highest BCUT2D eigenvalue weighted by molar-refractivity contribution is 5.96. The van der Waals surface area contributed by atoms with E-state index in [0.29, 0.717) is 16.9 Å². The van der Waals surface area contributed by atoms with Crippen molar-refractivity contribution in [3.05, 3.63) is 90.1 Å². The van der Waals surface area contributed by atoms with Gasteiger partial charge in [0.05, 0.1) is 18.1 Å². The average Bonchev–Trinajstić information content (AvgIpc) is 3.58. The number of ether oxygens (including phenoxy) is 1. The molecular weight excluding hydrogens is 594 g/mol. The Morgan fingerprint density at radius 2 is 1.66 bits per heavy atom. The maximum atomic E-state index is 14.6. The van der Waals surface area contributed by atoms with Crippen LogP contribution in [-0.4, -0.2) is 63.1 Å². The zero-order valence-corrected chi connectivity index (χ0v) is 22.6. The Morgan fingerprint density at radius 3 is 2.32 bits per heavy atom. The molecule has 1 N–H and O–H groups in total. The fourth-order valence-corrected chi connectivity index (χ4v) is 5.55. The predicted octanol–water partition coefficient (Wildman–Crippen LogP) is 4.82. The van der Waals surface area contributed by atoms with E-state index in [4.69, 9.17) is 0 Å². The molecule has 15 heteroatoms. The van der Waals surface area contributed by atoms with Crippen LogP contribution >= 0.6 is 0 Å². The first-order chi connectivity index (χ1) is 20.9. The average molecular weight is 617 g/mol. The van der Waals surface area contributed by atoms with Gasteiger partial charge in [0.2, 0.25) is 5.91 Å². The number of aromatic nitrogens is 3. The van der Waals surface area contributed by atoms with Gasteiger partial charge in [0.15, 0.2) is 28.9 Å². The van der Waals surface area contributed by atoms with Crippen LogP contribution in [0.15, 0.2) is 67.0 Å². The molecule has 0 saturated carbocycles. The summed E-state index contributed by atoms with van der Waals surface area (Å²) < 4.78 is 85.0. The highest BCUT2D eigenvalue weighted by Gasteiger charge is 2.51. The molecule has 0 unspecified atom stereocenters. The number of nitrogens with zero attached hydrogens (tertiary/aromatic N) is 5. The number of halogens is 6. The third-order valence-electron chi connectivity index (χ3n) is 7.70. The molecule has 44 heavy (non-hydrogen) atoms. The van der Waals surface area contributed by atoms with Crippen molar-refractivity contribution in [3.8, 4) is 22.7 Å². The van der Waals surface area contributed by atoms with Gasteiger partial charge in [-0.15, -0.1) is 13.2 Å². The van der Waals surface area contributed by atoms with E-state index in [-0.39, 0.29) is 49.9 Å². The van der Waals surface area contributed by atoms with Crippen LogP contribution in [0.5, 0.6) is 5.75 Å². The summed E-state index contributed by atoms with van der Waals surface area (Å²) >= 11 is 0. The van der Waals surface area contributed by atoms with Crippen molar-refractivity contribution in [1.82, 2.24) is 25.0 Å². The Bertz CT molecular complexity index is 1740. The Balaban J connectivity index is 1.27. The van der Waals surface area contributed by atoms with Gasteiger partial charge in [-0.3, -0.25) is 14.6 Å². The van der Waals surface area contributed by atoms with E-state index in [0.717, 1.165) is 24.3 Å². The lowest BCUT2D eigenvalue weighted by atomic mass is 9.85. The molecule has 2 aliphatic rings. The number of hydrogen-bond acceptors (Lipinski definition) is 6. The SMILES string of the molecule is O=C(c1cc(-c2cccnc2)n(-c2ccc(OC(F)(F)F)c(F)c2)n1)N1CCC2(CC1)C(=O)NCN2c1ccc(F)c(F)c1. The van der Waals surface area contributed by atoms with Gasteiger partial charge in [-0.25, -0.2) is 17.9 Å². The van der Waals surface area contributed by atoms with E-state index in [1.165, 1.54) is 40.2 Å². The summed E-state index contributed by atoms with van der Waals surface area (Å²) in [5.41, 5.74) is 0.0391. The lowest BCUT2D eigenvalue weighted by molar-refractivity contribution is -0.275. The van der Waals surface area contributed by atoms with Crippen LogP contribution in [0.2, 0.25) is 0 Å². The van der Waals surface area contributed by atoms with E-state index in [1.54, 1.807) is 17.0 Å². The normalized spacial score (nSPS) is 16.4. The van der Waals surface area contributed by atoms with Crippen LogP contribution in [0.4, 0.5) is 32.0 Å². The fraction of sp³-hybridized carbons (Fsp3) is 0.241. The number of alkyl halides is 3. The van der Waals surface area contributed by atoms with E-state index in [1.807, 2.05) is 0 Å². The van der Waals surface area contributed by atoms with Gasteiger partial charge in [-0.1, -0.05) is 0 Å². The number of pyridine rings is 1. The second-order valence-corrected chi connectivity index (χ2v) is 10.2. The van der Waals surface area contributed by atoms with Crippen LogP contribution in [0.25, 0.3) is 16.9 Å². The Hall–Kier alpha value is -5.08. The second kappa shape index (κ2) is 10.9. The molecule has 4 heterocycles. The van der Waals surface area contributed by atoms with Crippen LogP contribution in [0.3, 0.4) is 0 Å². The Labute approximate surface area is 245 Å². The third kappa shape index (κ3) is 5.29. The molecule has 2 saturated heterocycles. The Kier molecular flexibility index (Phi) is 7.18. The summed E-state index contributed by atoms with van der Waals surface area (Å²) in [5, 5.41) is 7.11. The molecule has 228 valence electrons. The first-order valence-corrected chi connectivity index (χ1v) is 13.3. The van der Waals surface area contributed by atoms with E-state index < -0.39 is 41.0 Å². The summed E-state index contributed by atoms with van der Waals surface area (Å²) in [4.78, 5) is 33.8. The van der Waals surface area contributed by atoms with Crippen LogP contribution < -0.4 is 15.0 Å². The molecule has 6 rings (SSSR count). The molecule has 0 bridgehead atoms. The number of carbonyl (C=O) groups excluding carboxylic acids is 2. The smallest absolute Gasteiger partial charge is 0.403 e. The summed E-state index contributed by atoms with van der Waals surface area (Å²) in [6.45, 7) is 0.333. The molecule has 1 spiro atoms. The van der Waals surface area contributed by atoms with Crippen molar-refractivity contribution in [2.45, 2.75) is 24.7 Å². The summed E-state index contributed by atoms with van der Waals surface area (Å²) in [6, 6.07) is 10.9. The van der Waals surface area contributed by atoms with Gasteiger partial charge in [0.25, 0.3) is 5.91 Å². The van der Waals surface area contributed by atoms with Gasteiger partial charge in [0.1, 0.15) is 5.54 Å². The number of rotatable bonds is 5. The molecule has 0 atom stereocenters. The standard InChI is InChI=1S/C29H22F6N6O3/c30-20-5-3-18(12-21(20)31)40-16-37-27(43)28(40)7-10-39(11-8-28)26(42)23-14-24(17-2-1-9-36-15-17)41(38-23)19-4-6-25(22(32)13-19)44-29(33,34)35/h1-6,9,12-15H,7-8,10-11,16H2,(H,37,43). The third-order valence-corrected chi connectivity index (χ3v) is 7.70. The first-order valence-electron chi connectivity index (χ1n) is 13.3. The van der Waals surface area contributed by atoms with Crippen molar-refractivity contribution < 1.29 is 40.7 Å². The minimum absolute atomic E-state index is 0.0253. The number of carbonyl (C=O) groups is 2. The van der Waals surface area contributed by atoms with E-state index >= 15 is 0 Å². The zero-order chi connectivity index (χ0) is 31.2. The van der Waals surface area contributed by atoms with Crippen LogP contribution in [0.1, 0.15) is 23.3 Å². The molecular formula is C29H22F6N6O3. The van der Waals surface area contributed by atoms with Gasteiger partial charge >= 0.3 is 6.36 Å². The number of piperidine rings is 1. The van der Waals surface area contributed by atoms with Gasteiger partial charge in [-0.2, -0.15) is 5.10 Å². The summed E-state index contributed by atoms with van der Waals surface area (Å²) in [6.07, 6.45) is -1.72. The predicted molar refractivity (Wildman–Crippen MR) is 143 cm³/mol. The number of likely N-dealkylation sites (tertiary alicyclic amines) is 1. The number of anilines is 1. The largest absolute Gasteiger partial charge is 0.573 e.